The van der Waals surface area contributed by atoms with Crippen LogP contribution in [0.3, 0.4) is 0 Å². The van der Waals surface area contributed by atoms with Crippen molar-refractivity contribution < 1.29 is 8.78 Å². The second-order valence-corrected chi connectivity index (χ2v) is 4.16. The lowest BCUT2D eigenvalue weighted by molar-refractivity contribution is -0.0199. The van der Waals surface area contributed by atoms with E-state index in [0.29, 0.717) is 24.0 Å². The molecular formula is C12H11F2N. The van der Waals surface area contributed by atoms with E-state index in [1.807, 2.05) is 6.07 Å². The second-order valence-electron chi connectivity index (χ2n) is 4.16. The molecule has 0 heterocycles. The van der Waals surface area contributed by atoms with Gasteiger partial charge in [0.2, 0.25) is 0 Å². The quantitative estimate of drug-likeness (QED) is 0.730. The lowest BCUT2D eigenvalue weighted by Crippen LogP contribution is -2.29. The van der Waals surface area contributed by atoms with E-state index in [4.69, 9.17) is 5.26 Å². The number of nitrogens with zero attached hydrogens (tertiary/aromatic N) is 1. The Morgan fingerprint density at radius 2 is 1.80 bits per heavy atom. The van der Waals surface area contributed by atoms with Crippen LogP contribution in [0.4, 0.5) is 8.78 Å². The van der Waals surface area contributed by atoms with E-state index in [0.717, 1.165) is 6.92 Å². The number of alkyl halides is 2. The minimum atomic E-state index is -2.68. The molecule has 0 aromatic heterocycles. The molecule has 78 valence electrons. The summed E-state index contributed by atoms with van der Waals surface area (Å²) in [4.78, 5) is 0. The summed E-state index contributed by atoms with van der Waals surface area (Å²) < 4.78 is 26.7. The van der Waals surface area contributed by atoms with E-state index in [9.17, 15) is 8.78 Å². The van der Waals surface area contributed by atoms with Gasteiger partial charge in [0.05, 0.1) is 17.0 Å². The minimum absolute atomic E-state index is 0.508. The second kappa shape index (κ2) is 3.03. The highest BCUT2D eigenvalue weighted by atomic mass is 19.3. The van der Waals surface area contributed by atoms with Gasteiger partial charge in [-0.05, 0) is 30.5 Å². The SMILES string of the molecule is CC(F)(F)C1(c2ccc(C#N)cc2)CC1. The number of hydrogen-bond donors (Lipinski definition) is 0. The van der Waals surface area contributed by atoms with Crippen LogP contribution in [0, 0.1) is 11.3 Å². The zero-order valence-electron chi connectivity index (χ0n) is 8.43. The van der Waals surface area contributed by atoms with Gasteiger partial charge in [-0.15, -0.1) is 0 Å². The zero-order chi connectivity index (χ0) is 11.1. The number of hydrogen-bond acceptors (Lipinski definition) is 1. The van der Waals surface area contributed by atoms with Crippen molar-refractivity contribution in [1.29, 1.82) is 5.26 Å². The summed E-state index contributed by atoms with van der Waals surface area (Å²) in [5, 5.41) is 8.61. The van der Waals surface area contributed by atoms with E-state index >= 15 is 0 Å². The average Bonchev–Trinajstić information content (AvgIpc) is 2.98. The number of benzene rings is 1. The maximum absolute atomic E-state index is 13.4. The average molecular weight is 207 g/mol. The summed E-state index contributed by atoms with van der Waals surface area (Å²) in [7, 11) is 0. The summed E-state index contributed by atoms with van der Waals surface area (Å²) in [5.41, 5.74) is 0.184. The molecule has 2 rings (SSSR count). The fraction of sp³-hybridized carbons (Fsp3) is 0.417. The molecule has 0 unspecified atom stereocenters. The number of nitriles is 1. The number of rotatable bonds is 2. The molecule has 0 amide bonds. The van der Waals surface area contributed by atoms with Crippen molar-refractivity contribution >= 4 is 0 Å². The van der Waals surface area contributed by atoms with Crippen molar-refractivity contribution in [1.82, 2.24) is 0 Å². The number of halogens is 2. The van der Waals surface area contributed by atoms with Crippen LogP contribution in [0.1, 0.15) is 30.9 Å². The maximum Gasteiger partial charge on any atom is 0.254 e. The normalized spacial score (nSPS) is 18.3. The highest BCUT2D eigenvalue weighted by molar-refractivity contribution is 5.39. The molecule has 0 bridgehead atoms. The van der Waals surface area contributed by atoms with Crippen molar-refractivity contribution in [2.24, 2.45) is 0 Å². The molecule has 1 nitrogen and oxygen atoms in total. The Morgan fingerprint density at radius 1 is 1.27 bits per heavy atom. The summed E-state index contributed by atoms with van der Waals surface area (Å²) in [6, 6.07) is 8.46. The van der Waals surface area contributed by atoms with Crippen LogP contribution < -0.4 is 0 Å². The molecule has 3 heteroatoms. The van der Waals surface area contributed by atoms with Crippen LogP contribution in [-0.4, -0.2) is 5.92 Å². The first-order chi connectivity index (χ1) is 6.99. The topological polar surface area (TPSA) is 23.8 Å². The molecular weight excluding hydrogens is 196 g/mol. The standard InChI is InChI=1S/C12H11F2N/c1-11(13,14)12(6-7-12)10-4-2-9(8-15)3-5-10/h2-5H,6-7H2,1H3. The molecule has 1 aromatic carbocycles. The van der Waals surface area contributed by atoms with Gasteiger partial charge in [0.25, 0.3) is 5.92 Å². The predicted octanol–water partition coefficient (Wildman–Crippen LogP) is 3.25. The van der Waals surface area contributed by atoms with Gasteiger partial charge in [-0.2, -0.15) is 5.26 Å². The molecule has 1 aliphatic carbocycles. The fourth-order valence-electron chi connectivity index (χ4n) is 1.97. The largest absolute Gasteiger partial charge is 0.254 e. The molecule has 1 saturated carbocycles. The Labute approximate surface area is 87.3 Å². The molecule has 0 N–H and O–H groups in total. The van der Waals surface area contributed by atoms with Crippen LogP contribution in [-0.2, 0) is 5.41 Å². The first-order valence-corrected chi connectivity index (χ1v) is 4.88. The predicted molar refractivity (Wildman–Crippen MR) is 52.7 cm³/mol. The Bertz CT molecular complexity index is 405. The van der Waals surface area contributed by atoms with Crippen molar-refractivity contribution in [3.05, 3.63) is 35.4 Å². The third-order valence-corrected chi connectivity index (χ3v) is 3.16. The molecule has 0 radical (unpaired) electrons. The van der Waals surface area contributed by atoms with Gasteiger partial charge in [-0.1, -0.05) is 12.1 Å². The minimum Gasteiger partial charge on any atom is -0.206 e. The lowest BCUT2D eigenvalue weighted by Gasteiger charge is -2.23. The molecule has 0 atom stereocenters. The van der Waals surface area contributed by atoms with Crippen molar-refractivity contribution in [3.63, 3.8) is 0 Å². The van der Waals surface area contributed by atoms with E-state index in [1.165, 1.54) is 0 Å². The molecule has 1 fully saturated rings. The third-order valence-electron chi connectivity index (χ3n) is 3.16. The third kappa shape index (κ3) is 1.50. The van der Waals surface area contributed by atoms with Gasteiger partial charge in [-0.3, -0.25) is 0 Å². The van der Waals surface area contributed by atoms with E-state index < -0.39 is 11.3 Å². The van der Waals surface area contributed by atoms with E-state index in [1.54, 1.807) is 24.3 Å². The van der Waals surface area contributed by atoms with Crippen LogP contribution in [0.5, 0.6) is 0 Å². The Kier molecular flexibility index (Phi) is 2.04. The van der Waals surface area contributed by atoms with Crippen LogP contribution in [0.15, 0.2) is 24.3 Å². The molecule has 1 aromatic rings. The highest BCUT2D eigenvalue weighted by Gasteiger charge is 2.59. The monoisotopic (exact) mass is 207 g/mol. The Hall–Kier alpha value is -1.43. The van der Waals surface area contributed by atoms with Crippen molar-refractivity contribution in [2.45, 2.75) is 31.1 Å². The van der Waals surface area contributed by atoms with E-state index in [-0.39, 0.29) is 0 Å². The molecule has 0 aliphatic heterocycles. The van der Waals surface area contributed by atoms with Gasteiger partial charge in [0.15, 0.2) is 0 Å². The molecule has 0 saturated heterocycles. The van der Waals surface area contributed by atoms with Gasteiger partial charge < -0.3 is 0 Å². The van der Waals surface area contributed by atoms with E-state index in [2.05, 4.69) is 0 Å². The first-order valence-electron chi connectivity index (χ1n) is 4.88. The van der Waals surface area contributed by atoms with Crippen LogP contribution in [0.25, 0.3) is 0 Å². The molecule has 15 heavy (non-hydrogen) atoms. The summed E-state index contributed by atoms with van der Waals surface area (Å²) >= 11 is 0. The van der Waals surface area contributed by atoms with Gasteiger partial charge >= 0.3 is 0 Å². The Morgan fingerprint density at radius 3 is 2.13 bits per heavy atom. The fourth-order valence-corrected chi connectivity index (χ4v) is 1.97. The highest BCUT2D eigenvalue weighted by Crippen LogP contribution is 2.57. The molecule has 0 spiro atoms. The summed E-state index contributed by atoms with van der Waals surface area (Å²) in [5.74, 6) is -2.68. The van der Waals surface area contributed by atoms with Gasteiger partial charge in [0.1, 0.15) is 0 Å². The smallest absolute Gasteiger partial charge is 0.206 e. The first kappa shape index (κ1) is 10.1. The Balaban J connectivity index is 2.36. The summed E-state index contributed by atoms with van der Waals surface area (Å²) in [6.45, 7) is 0.970. The zero-order valence-corrected chi connectivity index (χ0v) is 8.43. The van der Waals surface area contributed by atoms with Crippen LogP contribution >= 0.6 is 0 Å². The maximum atomic E-state index is 13.4. The van der Waals surface area contributed by atoms with Gasteiger partial charge in [0, 0.05) is 6.92 Å². The van der Waals surface area contributed by atoms with Gasteiger partial charge in [-0.25, -0.2) is 8.78 Å². The molecule has 1 aliphatic rings. The summed E-state index contributed by atoms with van der Waals surface area (Å²) in [6.07, 6.45) is 1.06. The lowest BCUT2D eigenvalue weighted by atomic mass is 9.89. The van der Waals surface area contributed by atoms with Crippen LogP contribution in [0.2, 0.25) is 0 Å². The van der Waals surface area contributed by atoms with Crippen molar-refractivity contribution in [2.75, 3.05) is 0 Å². The van der Waals surface area contributed by atoms with Crippen molar-refractivity contribution in [3.8, 4) is 6.07 Å².